The van der Waals surface area contributed by atoms with Crippen molar-refractivity contribution < 1.29 is 9.21 Å². The van der Waals surface area contributed by atoms with Crippen molar-refractivity contribution in [2.75, 3.05) is 5.32 Å². The third-order valence-corrected chi connectivity index (χ3v) is 5.18. The fourth-order valence-corrected chi connectivity index (χ4v) is 3.81. The molecule has 0 spiro atoms. The molecule has 1 amide bonds. The Balaban J connectivity index is 1.61. The van der Waals surface area contributed by atoms with Crippen LogP contribution in [0.5, 0.6) is 0 Å². The number of furan rings is 1. The predicted octanol–water partition coefficient (Wildman–Crippen LogP) is 5.00. The molecule has 4 heterocycles. The molecule has 5 aromatic rings. The standard InChI is InChI=1S/C25H21N5O2/c1-16-9-17(2)11-19(10-16)28-25(31)21-12-23(18-5-3-7-26-13-18)29-24-22(21)14-27-30(24)15-20-6-4-8-32-20/h3-14H,15H2,1-2H3,(H,28,31). The highest BCUT2D eigenvalue weighted by Gasteiger charge is 2.18. The van der Waals surface area contributed by atoms with Crippen LogP contribution in [-0.2, 0) is 6.54 Å². The van der Waals surface area contributed by atoms with Crippen molar-refractivity contribution in [2.45, 2.75) is 20.4 Å². The molecule has 7 nitrogen and oxygen atoms in total. The molecule has 0 saturated carbocycles. The van der Waals surface area contributed by atoms with E-state index in [2.05, 4.69) is 21.5 Å². The van der Waals surface area contributed by atoms with Crippen LogP contribution in [0.25, 0.3) is 22.3 Å². The lowest BCUT2D eigenvalue weighted by Gasteiger charge is -2.10. The molecular formula is C25H21N5O2. The van der Waals surface area contributed by atoms with Gasteiger partial charge in [-0.25, -0.2) is 9.67 Å². The van der Waals surface area contributed by atoms with E-state index in [4.69, 9.17) is 9.40 Å². The minimum atomic E-state index is -0.218. The number of amides is 1. The lowest BCUT2D eigenvalue weighted by molar-refractivity contribution is 0.102. The highest BCUT2D eigenvalue weighted by molar-refractivity contribution is 6.12. The quantitative estimate of drug-likeness (QED) is 0.430. The molecule has 158 valence electrons. The Hall–Kier alpha value is -4.26. The van der Waals surface area contributed by atoms with Crippen LogP contribution < -0.4 is 5.32 Å². The number of benzene rings is 1. The van der Waals surface area contributed by atoms with Gasteiger partial charge in [0.25, 0.3) is 5.91 Å². The van der Waals surface area contributed by atoms with Gasteiger partial charge in [-0.1, -0.05) is 6.07 Å². The van der Waals surface area contributed by atoms with Gasteiger partial charge in [-0.05, 0) is 67.4 Å². The van der Waals surface area contributed by atoms with Gasteiger partial charge in [-0.3, -0.25) is 9.78 Å². The topological polar surface area (TPSA) is 85.8 Å². The van der Waals surface area contributed by atoms with Gasteiger partial charge in [-0.2, -0.15) is 5.10 Å². The van der Waals surface area contributed by atoms with E-state index in [0.717, 1.165) is 28.1 Å². The largest absolute Gasteiger partial charge is 0.467 e. The summed E-state index contributed by atoms with van der Waals surface area (Å²) in [4.78, 5) is 22.3. The fourth-order valence-electron chi connectivity index (χ4n) is 3.81. The molecule has 1 aromatic carbocycles. The van der Waals surface area contributed by atoms with E-state index in [-0.39, 0.29) is 5.91 Å². The van der Waals surface area contributed by atoms with E-state index in [1.54, 1.807) is 35.6 Å². The molecule has 0 saturated heterocycles. The second-order valence-corrected chi connectivity index (χ2v) is 7.75. The second kappa shape index (κ2) is 8.11. The molecule has 0 aliphatic rings. The monoisotopic (exact) mass is 423 g/mol. The smallest absolute Gasteiger partial charge is 0.256 e. The molecule has 32 heavy (non-hydrogen) atoms. The molecule has 0 bridgehead atoms. The van der Waals surface area contributed by atoms with Gasteiger partial charge in [0, 0.05) is 23.6 Å². The summed E-state index contributed by atoms with van der Waals surface area (Å²) in [7, 11) is 0. The Morgan fingerprint density at radius 3 is 2.62 bits per heavy atom. The maximum Gasteiger partial charge on any atom is 0.256 e. The minimum absolute atomic E-state index is 0.218. The normalized spacial score (nSPS) is 11.1. The maximum absolute atomic E-state index is 13.4. The van der Waals surface area contributed by atoms with Crippen molar-refractivity contribution in [3.63, 3.8) is 0 Å². The summed E-state index contributed by atoms with van der Waals surface area (Å²) < 4.78 is 7.21. The van der Waals surface area contributed by atoms with Crippen molar-refractivity contribution in [3.05, 3.63) is 95.8 Å². The Morgan fingerprint density at radius 2 is 1.91 bits per heavy atom. The number of rotatable bonds is 5. The van der Waals surface area contributed by atoms with Crippen molar-refractivity contribution in [3.8, 4) is 11.3 Å². The minimum Gasteiger partial charge on any atom is -0.467 e. The summed E-state index contributed by atoms with van der Waals surface area (Å²) >= 11 is 0. The van der Waals surface area contributed by atoms with Crippen LogP contribution >= 0.6 is 0 Å². The summed E-state index contributed by atoms with van der Waals surface area (Å²) in [6, 6.07) is 15.2. The van der Waals surface area contributed by atoms with Crippen molar-refractivity contribution in [2.24, 2.45) is 0 Å². The van der Waals surface area contributed by atoms with Crippen LogP contribution in [0.3, 0.4) is 0 Å². The zero-order valence-corrected chi connectivity index (χ0v) is 17.7. The highest BCUT2D eigenvalue weighted by atomic mass is 16.3. The number of anilines is 1. The first-order chi connectivity index (χ1) is 15.6. The third kappa shape index (κ3) is 3.88. The van der Waals surface area contributed by atoms with Gasteiger partial charge in [-0.15, -0.1) is 0 Å². The Morgan fingerprint density at radius 1 is 1.06 bits per heavy atom. The van der Waals surface area contributed by atoms with Crippen LogP contribution in [0.2, 0.25) is 0 Å². The molecule has 7 heteroatoms. The number of carbonyl (C=O) groups excluding carboxylic acids is 1. The molecule has 0 fully saturated rings. The predicted molar refractivity (Wildman–Crippen MR) is 122 cm³/mol. The number of hydrogen-bond acceptors (Lipinski definition) is 5. The average molecular weight is 423 g/mol. The van der Waals surface area contributed by atoms with Crippen molar-refractivity contribution in [1.29, 1.82) is 0 Å². The molecule has 0 aliphatic heterocycles. The van der Waals surface area contributed by atoms with Gasteiger partial charge in [0.15, 0.2) is 5.65 Å². The van der Waals surface area contributed by atoms with E-state index >= 15 is 0 Å². The Bertz CT molecular complexity index is 1390. The number of nitrogens with zero attached hydrogens (tertiary/aromatic N) is 4. The van der Waals surface area contributed by atoms with E-state index in [9.17, 15) is 4.79 Å². The number of carbonyl (C=O) groups is 1. The molecular weight excluding hydrogens is 402 g/mol. The third-order valence-electron chi connectivity index (χ3n) is 5.18. The summed E-state index contributed by atoms with van der Waals surface area (Å²) in [5, 5.41) is 8.18. The molecule has 0 unspecified atom stereocenters. The summed E-state index contributed by atoms with van der Waals surface area (Å²) in [5.41, 5.74) is 5.50. The van der Waals surface area contributed by atoms with Gasteiger partial charge < -0.3 is 9.73 Å². The number of fused-ring (bicyclic) bond motifs is 1. The lowest BCUT2D eigenvalue weighted by atomic mass is 10.1. The maximum atomic E-state index is 13.4. The molecule has 1 N–H and O–H groups in total. The number of nitrogens with one attached hydrogen (secondary N) is 1. The number of pyridine rings is 2. The van der Waals surface area contributed by atoms with E-state index in [1.165, 1.54) is 0 Å². The first-order valence-corrected chi connectivity index (χ1v) is 10.3. The van der Waals surface area contributed by atoms with E-state index < -0.39 is 0 Å². The van der Waals surface area contributed by atoms with Crippen LogP contribution in [0, 0.1) is 13.8 Å². The molecule has 0 atom stereocenters. The van der Waals surface area contributed by atoms with Gasteiger partial charge in [0.2, 0.25) is 0 Å². The number of aryl methyl sites for hydroxylation is 2. The fraction of sp³-hybridized carbons (Fsp3) is 0.120. The molecule has 4 aromatic heterocycles. The summed E-state index contributed by atoms with van der Waals surface area (Å²) in [6.07, 6.45) is 6.73. The lowest BCUT2D eigenvalue weighted by Crippen LogP contribution is -2.13. The van der Waals surface area contributed by atoms with Crippen LogP contribution in [0.15, 0.2) is 77.8 Å². The zero-order chi connectivity index (χ0) is 22.1. The van der Waals surface area contributed by atoms with Crippen LogP contribution in [0.4, 0.5) is 5.69 Å². The average Bonchev–Trinajstić information content (AvgIpc) is 3.43. The molecule has 0 aliphatic carbocycles. The zero-order valence-electron chi connectivity index (χ0n) is 17.7. The molecule has 0 radical (unpaired) electrons. The van der Waals surface area contributed by atoms with Crippen LogP contribution in [-0.4, -0.2) is 25.7 Å². The first kappa shape index (κ1) is 19.7. The van der Waals surface area contributed by atoms with Gasteiger partial charge >= 0.3 is 0 Å². The Labute approximate surface area is 184 Å². The second-order valence-electron chi connectivity index (χ2n) is 7.75. The van der Waals surface area contributed by atoms with Gasteiger partial charge in [0.1, 0.15) is 12.3 Å². The van der Waals surface area contributed by atoms with E-state index in [0.29, 0.717) is 28.8 Å². The highest BCUT2D eigenvalue weighted by Crippen LogP contribution is 2.26. The number of aromatic nitrogens is 4. The SMILES string of the molecule is Cc1cc(C)cc(NC(=O)c2cc(-c3cccnc3)nc3c2cnn3Cc2ccco2)c1. The molecule has 5 rings (SSSR count). The number of hydrogen-bond donors (Lipinski definition) is 1. The van der Waals surface area contributed by atoms with Gasteiger partial charge in [0.05, 0.1) is 29.1 Å². The first-order valence-electron chi connectivity index (χ1n) is 10.3. The Kier molecular flexibility index (Phi) is 4.99. The van der Waals surface area contributed by atoms with Crippen molar-refractivity contribution in [1.82, 2.24) is 19.7 Å². The van der Waals surface area contributed by atoms with Crippen LogP contribution in [0.1, 0.15) is 27.2 Å². The van der Waals surface area contributed by atoms with E-state index in [1.807, 2.05) is 50.2 Å². The summed E-state index contributed by atoms with van der Waals surface area (Å²) in [5.74, 6) is 0.537. The van der Waals surface area contributed by atoms with Crippen molar-refractivity contribution >= 4 is 22.6 Å². The summed E-state index contributed by atoms with van der Waals surface area (Å²) in [6.45, 7) is 4.43.